The first-order chi connectivity index (χ1) is 11.8. The van der Waals surface area contributed by atoms with E-state index in [1.807, 2.05) is 0 Å². The molecule has 0 aliphatic heterocycles. The molecule has 0 heterocycles. The number of allylic oxidation sites excluding steroid dienone is 1. The Morgan fingerprint density at radius 2 is 1.72 bits per heavy atom. The van der Waals surface area contributed by atoms with Crippen LogP contribution in [0, 0.1) is 0 Å². The minimum atomic E-state index is -0.394. The SMILES string of the molecule is CCC(=O)N(OC)C(C)=O.CN(CCCCCC=O)C(=O)/C=C\C=O. The molecule has 0 atom stereocenters. The van der Waals surface area contributed by atoms with Crippen molar-refractivity contribution in [2.75, 3.05) is 20.7 Å². The molecule has 0 rings (SSSR count). The van der Waals surface area contributed by atoms with Gasteiger partial charge >= 0.3 is 0 Å². The van der Waals surface area contributed by atoms with E-state index >= 15 is 0 Å². The predicted octanol–water partition coefficient (Wildman–Crippen LogP) is 1.29. The third-order valence-corrected chi connectivity index (χ3v) is 3.01. The number of rotatable bonds is 10. The molecule has 0 saturated carbocycles. The highest BCUT2D eigenvalue weighted by Crippen LogP contribution is 2.00. The van der Waals surface area contributed by atoms with E-state index in [1.165, 1.54) is 26.2 Å². The highest BCUT2D eigenvalue weighted by molar-refractivity contribution is 5.92. The molecule has 0 aliphatic carbocycles. The molecule has 0 aliphatic rings. The van der Waals surface area contributed by atoms with Crippen LogP contribution >= 0.6 is 0 Å². The summed E-state index contributed by atoms with van der Waals surface area (Å²) in [7, 11) is 2.98. The number of hydroxylamine groups is 2. The van der Waals surface area contributed by atoms with E-state index in [0.717, 1.165) is 30.6 Å². The van der Waals surface area contributed by atoms with Crippen LogP contribution in [0.1, 0.15) is 46.0 Å². The lowest BCUT2D eigenvalue weighted by atomic mass is 10.2. The molecule has 3 amide bonds. The Bertz CT molecular complexity index is 462. The Labute approximate surface area is 148 Å². The zero-order valence-electron chi connectivity index (χ0n) is 15.4. The number of hydrogen-bond donors (Lipinski definition) is 0. The van der Waals surface area contributed by atoms with E-state index in [9.17, 15) is 24.0 Å². The molecular formula is C17H28N2O6. The van der Waals surface area contributed by atoms with Crippen LogP contribution < -0.4 is 0 Å². The van der Waals surface area contributed by atoms with E-state index in [0.29, 0.717) is 19.3 Å². The topological polar surface area (TPSA) is 101 Å². The van der Waals surface area contributed by atoms with Crippen LogP contribution in [0.15, 0.2) is 12.2 Å². The Balaban J connectivity index is 0. The third-order valence-electron chi connectivity index (χ3n) is 3.01. The first-order valence-electron chi connectivity index (χ1n) is 8.03. The van der Waals surface area contributed by atoms with Crippen molar-refractivity contribution < 1.29 is 28.8 Å². The average Bonchev–Trinajstić information content (AvgIpc) is 2.59. The van der Waals surface area contributed by atoms with Gasteiger partial charge in [-0.05, 0) is 18.9 Å². The molecule has 0 fully saturated rings. The maximum absolute atomic E-state index is 11.2. The summed E-state index contributed by atoms with van der Waals surface area (Å²) >= 11 is 0. The number of carbonyl (C=O) groups is 5. The minimum absolute atomic E-state index is 0.169. The van der Waals surface area contributed by atoms with Gasteiger partial charge in [-0.15, -0.1) is 0 Å². The zero-order chi connectivity index (χ0) is 19.7. The normalized spacial score (nSPS) is 9.76. The van der Waals surface area contributed by atoms with E-state index in [1.54, 1.807) is 18.9 Å². The molecule has 0 aromatic carbocycles. The molecule has 142 valence electrons. The van der Waals surface area contributed by atoms with Crippen molar-refractivity contribution in [3.8, 4) is 0 Å². The Morgan fingerprint density at radius 1 is 1.08 bits per heavy atom. The molecule has 0 aromatic heterocycles. The second-order valence-corrected chi connectivity index (χ2v) is 5.01. The zero-order valence-corrected chi connectivity index (χ0v) is 15.4. The van der Waals surface area contributed by atoms with Crippen LogP contribution in [0.25, 0.3) is 0 Å². The molecule has 0 spiro atoms. The summed E-state index contributed by atoms with van der Waals surface area (Å²) in [6.07, 6.45) is 7.46. The maximum atomic E-state index is 11.2. The van der Waals surface area contributed by atoms with Crippen molar-refractivity contribution in [3.63, 3.8) is 0 Å². The fourth-order valence-electron chi connectivity index (χ4n) is 1.66. The van der Waals surface area contributed by atoms with Crippen LogP contribution in [-0.2, 0) is 28.8 Å². The fourth-order valence-corrected chi connectivity index (χ4v) is 1.66. The summed E-state index contributed by atoms with van der Waals surface area (Å²) in [6.45, 7) is 3.59. The lowest BCUT2D eigenvalue weighted by Crippen LogP contribution is -2.33. The minimum Gasteiger partial charge on any atom is -0.342 e. The number of unbranched alkanes of at least 4 members (excludes halogenated alkanes) is 3. The monoisotopic (exact) mass is 356 g/mol. The summed E-state index contributed by atoms with van der Waals surface area (Å²) < 4.78 is 0. The average molecular weight is 356 g/mol. The highest BCUT2D eigenvalue weighted by Gasteiger charge is 2.14. The number of carbonyl (C=O) groups excluding carboxylic acids is 5. The van der Waals surface area contributed by atoms with Crippen molar-refractivity contribution in [1.82, 2.24) is 9.96 Å². The standard InChI is InChI=1S/C11H17NO3.C6H11NO3/c1-12(11(15)7-6-10-14)8-4-2-3-5-9-13;1-4-6(9)7(10-3)5(2)8/h6-7,9-10H,2-5,8H2,1H3;4H2,1-3H3/b7-6-;. The number of amides is 3. The molecule has 0 N–H and O–H groups in total. The van der Waals surface area contributed by atoms with Gasteiger partial charge in [0.1, 0.15) is 12.6 Å². The summed E-state index contributed by atoms with van der Waals surface area (Å²) in [5.74, 6) is -0.887. The highest BCUT2D eigenvalue weighted by atomic mass is 16.7. The molecule has 0 unspecified atom stereocenters. The van der Waals surface area contributed by atoms with Crippen molar-refractivity contribution in [2.24, 2.45) is 0 Å². The van der Waals surface area contributed by atoms with Crippen LogP contribution in [0.4, 0.5) is 0 Å². The Kier molecular flexibility index (Phi) is 16.4. The van der Waals surface area contributed by atoms with Gasteiger partial charge in [-0.1, -0.05) is 13.3 Å². The van der Waals surface area contributed by atoms with Crippen LogP contribution in [0.5, 0.6) is 0 Å². The largest absolute Gasteiger partial charge is 0.342 e. The molecule has 25 heavy (non-hydrogen) atoms. The Hall–Kier alpha value is -2.35. The molecule has 8 nitrogen and oxygen atoms in total. The molecule has 8 heteroatoms. The molecular weight excluding hydrogens is 328 g/mol. The third kappa shape index (κ3) is 13.8. The Morgan fingerprint density at radius 3 is 2.12 bits per heavy atom. The summed E-state index contributed by atoms with van der Waals surface area (Å²) in [5, 5.41) is 0.736. The van der Waals surface area contributed by atoms with E-state index in [2.05, 4.69) is 4.84 Å². The van der Waals surface area contributed by atoms with Crippen LogP contribution in [0.3, 0.4) is 0 Å². The maximum Gasteiger partial charge on any atom is 0.253 e. The van der Waals surface area contributed by atoms with Gasteiger partial charge in [-0.3, -0.25) is 24.0 Å². The molecule has 0 bridgehead atoms. The van der Waals surface area contributed by atoms with Crippen LogP contribution in [0.2, 0.25) is 0 Å². The first kappa shape index (κ1) is 24.9. The number of nitrogens with zero attached hydrogens (tertiary/aromatic N) is 2. The first-order valence-corrected chi connectivity index (χ1v) is 8.03. The van der Waals surface area contributed by atoms with Crippen molar-refractivity contribution >= 4 is 30.3 Å². The van der Waals surface area contributed by atoms with E-state index in [4.69, 9.17) is 0 Å². The summed E-state index contributed by atoms with van der Waals surface area (Å²) in [5.41, 5.74) is 0. The lowest BCUT2D eigenvalue weighted by Gasteiger charge is -2.14. The van der Waals surface area contributed by atoms with Gasteiger partial charge in [0.2, 0.25) is 11.8 Å². The number of likely N-dealkylation sites (N-methyl/N-ethyl adjacent to an activating group) is 1. The second kappa shape index (κ2) is 16.5. The smallest absolute Gasteiger partial charge is 0.253 e. The van der Waals surface area contributed by atoms with Crippen LogP contribution in [-0.4, -0.2) is 61.0 Å². The van der Waals surface area contributed by atoms with Gasteiger partial charge in [-0.2, -0.15) is 5.06 Å². The summed E-state index contributed by atoms with van der Waals surface area (Å²) in [4.78, 5) is 58.6. The van der Waals surface area contributed by atoms with Gasteiger partial charge < -0.3 is 9.69 Å². The van der Waals surface area contributed by atoms with E-state index < -0.39 is 5.91 Å². The van der Waals surface area contributed by atoms with Gasteiger partial charge in [0, 0.05) is 39.4 Å². The van der Waals surface area contributed by atoms with Gasteiger partial charge in [0.25, 0.3) is 5.91 Å². The van der Waals surface area contributed by atoms with Gasteiger partial charge in [0.05, 0.1) is 7.11 Å². The fraction of sp³-hybridized carbons (Fsp3) is 0.588. The molecule has 0 radical (unpaired) electrons. The number of aldehydes is 2. The molecule has 0 aromatic rings. The quantitative estimate of drug-likeness (QED) is 0.253. The van der Waals surface area contributed by atoms with E-state index in [-0.39, 0.29) is 18.2 Å². The number of hydrogen-bond acceptors (Lipinski definition) is 6. The van der Waals surface area contributed by atoms with Crippen molar-refractivity contribution in [2.45, 2.75) is 46.0 Å². The predicted molar refractivity (Wildman–Crippen MR) is 92.2 cm³/mol. The van der Waals surface area contributed by atoms with Gasteiger partial charge in [0.15, 0.2) is 0 Å². The van der Waals surface area contributed by atoms with Crippen molar-refractivity contribution in [1.29, 1.82) is 0 Å². The second-order valence-electron chi connectivity index (χ2n) is 5.01. The lowest BCUT2D eigenvalue weighted by molar-refractivity contribution is -0.185. The summed E-state index contributed by atoms with van der Waals surface area (Å²) in [6, 6.07) is 0. The molecule has 0 saturated heterocycles. The van der Waals surface area contributed by atoms with Gasteiger partial charge in [-0.25, -0.2) is 0 Å². The van der Waals surface area contributed by atoms with Crippen molar-refractivity contribution in [3.05, 3.63) is 12.2 Å². The number of imide groups is 1.